The molecular formula is C20H15BrN4O2. The zero-order chi connectivity index (χ0) is 19.0. The first-order valence-corrected chi connectivity index (χ1v) is 9.14. The number of hydrogen-bond acceptors (Lipinski definition) is 3. The minimum Gasteiger partial charge on any atom is -0.302 e. The highest BCUT2D eigenvalue weighted by Crippen LogP contribution is 2.19. The summed E-state index contributed by atoms with van der Waals surface area (Å²) in [5.41, 5.74) is 0.582. The van der Waals surface area contributed by atoms with E-state index in [0.717, 1.165) is 16.3 Å². The molecule has 0 amide bonds. The monoisotopic (exact) mass is 422 g/mol. The Morgan fingerprint density at radius 2 is 1.93 bits per heavy atom. The molecule has 134 valence electrons. The fraction of sp³-hybridized carbons (Fsp3) is 0.150. The summed E-state index contributed by atoms with van der Waals surface area (Å²) in [6.07, 6.45) is 0. The van der Waals surface area contributed by atoms with E-state index in [2.05, 4.69) is 37.9 Å². The summed E-state index contributed by atoms with van der Waals surface area (Å²) in [5, 5.41) is 4.77. The molecule has 4 aromatic rings. The molecule has 0 spiro atoms. The lowest BCUT2D eigenvalue weighted by molar-refractivity contribution is 0.634. The Hall–Kier alpha value is -3.11. The Kier molecular flexibility index (Phi) is 4.42. The molecule has 0 fully saturated rings. The molecule has 27 heavy (non-hydrogen) atoms. The van der Waals surface area contributed by atoms with E-state index in [0.29, 0.717) is 4.73 Å². The SMILES string of the molecule is CC#CCn1c(Br)nc2c(=O)[nH]n(Cc3cccc4ccccc34)c(=O)c21. The second-order valence-corrected chi connectivity index (χ2v) is 6.77. The first-order valence-electron chi connectivity index (χ1n) is 8.35. The van der Waals surface area contributed by atoms with Crippen LogP contribution in [0.3, 0.4) is 0 Å². The van der Waals surface area contributed by atoms with Crippen LogP contribution in [0.1, 0.15) is 12.5 Å². The number of hydrogen-bond donors (Lipinski definition) is 1. The highest BCUT2D eigenvalue weighted by molar-refractivity contribution is 9.10. The number of H-pyrrole nitrogens is 1. The summed E-state index contributed by atoms with van der Waals surface area (Å²) < 4.78 is 3.35. The van der Waals surface area contributed by atoms with Crippen molar-refractivity contribution in [2.24, 2.45) is 0 Å². The van der Waals surface area contributed by atoms with Gasteiger partial charge in [0.25, 0.3) is 11.1 Å². The van der Waals surface area contributed by atoms with Crippen molar-refractivity contribution in [3.05, 3.63) is 73.5 Å². The van der Waals surface area contributed by atoms with Gasteiger partial charge in [0.15, 0.2) is 10.3 Å². The molecule has 0 aliphatic carbocycles. The lowest BCUT2D eigenvalue weighted by Crippen LogP contribution is -2.31. The number of imidazole rings is 1. The summed E-state index contributed by atoms with van der Waals surface area (Å²) in [4.78, 5) is 29.8. The molecular weight excluding hydrogens is 408 g/mol. The third kappa shape index (κ3) is 2.98. The molecule has 0 atom stereocenters. The van der Waals surface area contributed by atoms with E-state index in [1.54, 1.807) is 11.5 Å². The number of rotatable bonds is 3. The van der Waals surface area contributed by atoms with Crippen molar-refractivity contribution >= 4 is 37.7 Å². The molecule has 1 N–H and O–H groups in total. The molecule has 0 saturated carbocycles. The fourth-order valence-corrected chi connectivity index (χ4v) is 3.65. The van der Waals surface area contributed by atoms with E-state index < -0.39 is 5.56 Å². The largest absolute Gasteiger partial charge is 0.302 e. The maximum absolute atomic E-state index is 13.1. The van der Waals surface area contributed by atoms with E-state index in [1.807, 2.05) is 42.5 Å². The van der Waals surface area contributed by atoms with Crippen LogP contribution in [-0.2, 0) is 13.1 Å². The average molecular weight is 423 g/mol. The van der Waals surface area contributed by atoms with Gasteiger partial charge in [0, 0.05) is 0 Å². The fourth-order valence-electron chi connectivity index (χ4n) is 3.17. The quantitative estimate of drug-likeness (QED) is 0.515. The van der Waals surface area contributed by atoms with Crippen molar-refractivity contribution in [2.45, 2.75) is 20.0 Å². The smallest absolute Gasteiger partial charge is 0.291 e. The molecule has 2 heterocycles. The Bertz CT molecular complexity index is 1350. The summed E-state index contributed by atoms with van der Waals surface area (Å²) in [5.74, 6) is 5.70. The van der Waals surface area contributed by atoms with Gasteiger partial charge in [-0.3, -0.25) is 14.7 Å². The first-order chi connectivity index (χ1) is 13.1. The van der Waals surface area contributed by atoms with Crippen molar-refractivity contribution in [2.75, 3.05) is 0 Å². The molecule has 0 aliphatic rings. The van der Waals surface area contributed by atoms with E-state index in [4.69, 9.17) is 0 Å². The van der Waals surface area contributed by atoms with Gasteiger partial charge in [-0.1, -0.05) is 48.4 Å². The van der Waals surface area contributed by atoms with Gasteiger partial charge in [0.2, 0.25) is 0 Å². The van der Waals surface area contributed by atoms with Crippen LogP contribution >= 0.6 is 15.9 Å². The van der Waals surface area contributed by atoms with Crippen LogP contribution < -0.4 is 11.1 Å². The van der Waals surface area contributed by atoms with Gasteiger partial charge in [-0.2, -0.15) is 0 Å². The second kappa shape index (κ2) is 6.89. The van der Waals surface area contributed by atoms with Crippen LogP contribution in [0, 0.1) is 11.8 Å². The van der Waals surface area contributed by atoms with Crippen molar-refractivity contribution in [1.82, 2.24) is 19.3 Å². The number of aromatic amines is 1. The number of benzene rings is 2. The van der Waals surface area contributed by atoms with Crippen molar-refractivity contribution in [1.29, 1.82) is 0 Å². The topological polar surface area (TPSA) is 72.7 Å². The highest BCUT2D eigenvalue weighted by Gasteiger charge is 2.17. The van der Waals surface area contributed by atoms with Gasteiger partial charge in [-0.05, 0) is 39.2 Å². The molecule has 6 nitrogen and oxygen atoms in total. The van der Waals surface area contributed by atoms with Crippen molar-refractivity contribution < 1.29 is 0 Å². The van der Waals surface area contributed by atoms with Gasteiger partial charge in [-0.15, -0.1) is 5.92 Å². The minimum absolute atomic E-state index is 0.110. The minimum atomic E-state index is -0.409. The summed E-state index contributed by atoms with van der Waals surface area (Å²) in [6, 6.07) is 13.9. The van der Waals surface area contributed by atoms with Gasteiger partial charge in [0.05, 0.1) is 13.1 Å². The maximum atomic E-state index is 13.1. The normalized spacial score (nSPS) is 10.9. The summed E-state index contributed by atoms with van der Waals surface area (Å²) in [6.45, 7) is 2.26. The zero-order valence-corrected chi connectivity index (χ0v) is 16.1. The Morgan fingerprint density at radius 3 is 2.74 bits per heavy atom. The highest BCUT2D eigenvalue weighted by atomic mass is 79.9. The predicted octanol–water partition coefficient (Wildman–Crippen LogP) is 2.87. The molecule has 4 rings (SSSR count). The molecule has 0 radical (unpaired) electrons. The van der Waals surface area contributed by atoms with Crippen molar-refractivity contribution in [3.8, 4) is 11.8 Å². The second-order valence-electron chi connectivity index (χ2n) is 6.06. The first kappa shape index (κ1) is 17.3. The van der Waals surface area contributed by atoms with Crippen LogP contribution in [0.15, 0.2) is 56.8 Å². The Morgan fingerprint density at radius 1 is 1.15 bits per heavy atom. The molecule has 0 aliphatic heterocycles. The van der Waals surface area contributed by atoms with Crippen LogP contribution in [0.5, 0.6) is 0 Å². The average Bonchev–Trinajstić information content (AvgIpc) is 3.01. The molecule has 0 unspecified atom stereocenters. The summed E-state index contributed by atoms with van der Waals surface area (Å²) >= 11 is 3.32. The number of nitrogens with zero attached hydrogens (tertiary/aromatic N) is 3. The standard InChI is InChI=1S/C20H15BrN4O2/c1-2-3-11-24-17-16(22-20(24)21)18(26)23-25(19(17)27)12-14-9-6-8-13-7-4-5-10-15(13)14/h4-10H,11-12H2,1H3,(H,23,26). The third-order valence-electron chi connectivity index (χ3n) is 4.44. The van der Waals surface area contributed by atoms with E-state index in [9.17, 15) is 9.59 Å². The van der Waals surface area contributed by atoms with Gasteiger partial charge < -0.3 is 4.57 Å². The molecule has 2 aromatic carbocycles. The number of halogens is 1. The zero-order valence-electron chi connectivity index (χ0n) is 14.5. The lowest BCUT2D eigenvalue weighted by Gasteiger charge is -2.09. The van der Waals surface area contributed by atoms with Crippen LogP contribution in [0.25, 0.3) is 21.8 Å². The van der Waals surface area contributed by atoms with E-state index in [-0.39, 0.29) is 29.7 Å². The Balaban J connectivity index is 1.92. The van der Waals surface area contributed by atoms with Gasteiger partial charge >= 0.3 is 0 Å². The maximum Gasteiger partial charge on any atom is 0.291 e. The molecule has 2 aromatic heterocycles. The predicted molar refractivity (Wildman–Crippen MR) is 109 cm³/mol. The Labute approximate surface area is 162 Å². The number of aromatic nitrogens is 4. The molecule has 7 heteroatoms. The van der Waals surface area contributed by atoms with Crippen LogP contribution in [-0.4, -0.2) is 19.3 Å². The van der Waals surface area contributed by atoms with E-state index in [1.165, 1.54) is 4.68 Å². The lowest BCUT2D eigenvalue weighted by atomic mass is 10.0. The van der Waals surface area contributed by atoms with Crippen LogP contribution in [0.4, 0.5) is 0 Å². The van der Waals surface area contributed by atoms with E-state index >= 15 is 0 Å². The third-order valence-corrected chi connectivity index (χ3v) is 5.05. The molecule has 0 saturated heterocycles. The van der Waals surface area contributed by atoms with Gasteiger partial charge in [-0.25, -0.2) is 9.67 Å². The van der Waals surface area contributed by atoms with Crippen LogP contribution in [0.2, 0.25) is 0 Å². The number of nitrogens with one attached hydrogen (secondary N) is 1. The number of fused-ring (bicyclic) bond motifs is 2. The van der Waals surface area contributed by atoms with Gasteiger partial charge in [0.1, 0.15) is 5.52 Å². The van der Waals surface area contributed by atoms with Crippen molar-refractivity contribution in [3.63, 3.8) is 0 Å². The molecule has 0 bridgehead atoms. The summed E-state index contributed by atoms with van der Waals surface area (Å²) in [7, 11) is 0.